The molecule has 0 saturated heterocycles. The second-order valence-corrected chi connectivity index (χ2v) is 5.64. The zero-order chi connectivity index (χ0) is 14.9. The molecule has 22 heavy (non-hydrogen) atoms. The fourth-order valence-corrected chi connectivity index (χ4v) is 3.24. The maximum atomic E-state index is 12.4. The highest BCUT2D eigenvalue weighted by molar-refractivity contribution is 7.15. The van der Waals surface area contributed by atoms with Crippen molar-refractivity contribution >= 4 is 16.3 Å². The first kappa shape index (κ1) is 12.9. The van der Waals surface area contributed by atoms with Crippen LogP contribution in [0.5, 0.6) is 0 Å². The molecule has 2 aromatic heterocycles. The Kier molecular flexibility index (Phi) is 3.05. The number of rotatable bonds is 2. The summed E-state index contributed by atoms with van der Waals surface area (Å²) < 4.78 is 1.56. The topological polar surface area (TPSA) is 47.3 Å². The van der Waals surface area contributed by atoms with Crippen LogP contribution in [-0.2, 0) is 0 Å². The van der Waals surface area contributed by atoms with Crippen LogP contribution < -0.4 is 5.69 Å². The molecule has 2 aromatic carbocycles. The van der Waals surface area contributed by atoms with Gasteiger partial charge in [-0.25, -0.2) is 9.20 Å². The number of aromatic nitrogens is 3. The van der Waals surface area contributed by atoms with Crippen LogP contribution in [0.2, 0.25) is 0 Å². The molecule has 0 fully saturated rings. The molecule has 0 N–H and O–H groups in total. The van der Waals surface area contributed by atoms with Gasteiger partial charge in [0.15, 0.2) is 10.8 Å². The van der Waals surface area contributed by atoms with Gasteiger partial charge in [0.2, 0.25) is 0 Å². The molecular formula is C17H11N3OS. The first-order valence-electron chi connectivity index (χ1n) is 6.82. The summed E-state index contributed by atoms with van der Waals surface area (Å²) in [5.41, 5.74) is 2.35. The van der Waals surface area contributed by atoms with Crippen LogP contribution in [0.1, 0.15) is 0 Å². The third-order valence-electron chi connectivity index (χ3n) is 3.40. The average Bonchev–Trinajstić information content (AvgIpc) is 3.01. The second kappa shape index (κ2) is 5.20. The van der Waals surface area contributed by atoms with E-state index in [4.69, 9.17) is 0 Å². The summed E-state index contributed by atoms with van der Waals surface area (Å²) in [6, 6.07) is 19.3. The molecule has 4 rings (SSSR count). The minimum atomic E-state index is -0.302. The normalized spacial score (nSPS) is 10.9. The quantitative estimate of drug-likeness (QED) is 0.569. The van der Waals surface area contributed by atoms with E-state index in [0.29, 0.717) is 10.8 Å². The highest BCUT2D eigenvalue weighted by atomic mass is 32.1. The van der Waals surface area contributed by atoms with Crippen LogP contribution >= 0.6 is 11.3 Å². The van der Waals surface area contributed by atoms with Crippen LogP contribution in [0.4, 0.5) is 0 Å². The Morgan fingerprint density at radius 3 is 2.14 bits per heavy atom. The van der Waals surface area contributed by atoms with Crippen molar-refractivity contribution in [3.05, 3.63) is 76.5 Å². The summed E-state index contributed by atoms with van der Waals surface area (Å²) in [5, 5.41) is 1.94. The molecule has 0 aliphatic carbocycles. The van der Waals surface area contributed by atoms with E-state index in [-0.39, 0.29) is 5.69 Å². The molecule has 0 atom stereocenters. The van der Waals surface area contributed by atoms with E-state index in [9.17, 15) is 4.79 Å². The first-order valence-corrected chi connectivity index (χ1v) is 7.70. The highest BCUT2D eigenvalue weighted by Crippen LogP contribution is 2.24. The monoisotopic (exact) mass is 305 g/mol. The standard InChI is InChI=1S/C17H11N3OS/c21-16-18-15(13-9-5-2-6-10-13)19-17-20(16)14(11-22-17)12-7-3-1-4-8-12/h1-11H. The highest BCUT2D eigenvalue weighted by Gasteiger charge is 2.12. The van der Waals surface area contributed by atoms with Crippen molar-refractivity contribution in [2.24, 2.45) is 0 Å². The summed E-state index contributed by atoms with van der Waals surface area (Å²) in [6.07, 6.45) is 0. The average molecular weight is 305 g/mol. The molecule has 0 bridgehead atoms. The lowest BCUT2D eigenvalue weighted by Crippen LogP contribution is -2.18. The summed E-state index contributed by atoms with van der Waals surface area (Å²) in [6.45, 7) is 0. The number of fused-ring (bicyclic) bond motifs is 1. The van der Waals surface area contributed by atoms with E-state index in [0.717, 1.165) is 16.8 Å². The summed E-state index contributed by atoms with van der Waals surface area (Å²) in [5.74, 6) is 0.465. The summed E-state index contributed by atoms with van der Waals surface area (Å²) in [4.78, 5) is 21.8. The van der Waals surface area contributed by atoms with Gasteiger partial charge in [0.05, 0.1) is 5.69 Å². The Morgan fingerprint density at radius 1 is 0.818 bits per heavy atom. The molecule has 0 amide bonds. The van der Waals surface area contributed by atoms with Crippen molar-refractivity contribution < 1.29 is 0 Å². The number of hydrogen-bond acceptors (Lipinski definition) is 4. The van der Waals surface area contributed by atoms with Crippen molar-refractivity contribution in [2.75, 3.05) is 0 Å². The van der Waals surface area contributed by atoms with E-state index in [1.165, 1.54) is 11.3 Å². The zero-order valence-electron chi connectivity index (χ0n) is 11.5. The Balaban J connectivity index is 1.94. The van der Waals surface area contributed by atoms with Gasteiger partial charge in [-0.05, 0) is 5.56 Å². The zero-order valence-corrected chi connectivity index (χ0v) is 12.3. The molecule has 0 saturated carbocycles. The molecule has 106 valence electrons. The van der Waals surface area contributed by atoms with E-state index >= 15 is 0 Å². The third kappa shape index (κ3) is 2.12. The Morgan fingerprint density at radius 2 is 1.45 bits per heavy atom. The molecule has 4 nitrogen and oxygen atoms in total. The van der Waals surface area contributed by atoms with Gasteiger partial charge in [-0.3, -0.25) is 0 Å². The predicted molar refractivity (Wildman–Crippen MR) is 88.0 cm³/mol. The van der Waals surface area contributed by atoms with Crippen molar-refractivity contribution in [1.29, 1.82) is 0 Å². The van der Waals surface area contributed by atoms with Gasteiger partial charge in [0, 0.05) is 10.9 Å². The van der Waals surface area contributed by atoms with Crippen LogP contribution in [0.3, 0.4) is 0 Å². The third-order valence-corrected chi connectivity index (χ3v) is 4.23. The number of benzene rings is 2. The molecule has 2 heterocycles. The molecule has 5 heteroatoms. The Labute approximate surface area is 130 Å². The van der Waals surface area contributed by atoms with Gasteiger partial charge in [-0.1, -0.05) is 60.7 Å². The minimum absolute atomic E-state index is 0.302. The SMILES string of the molecule is O=c1nc(-c2ccccc2)nc2scc(-c3ccccc3)n12. The number of nitrogens with zero attached hydrogens (tertiary/aromatic N) is 3. The van der Waals surface area contributed by atoms with E-state index in [1.807, 2.05) is 66.0 Å². The van der Waals surface area contributed by atoms with Crippen molar-refractivity contribution in [3.8, 4) is 22.6 Å². The van der Waals surface area contributed by atoms with Gasteiger partial charge >= 0.3 is 5.69 Å². The summed E-state index contributed by atoms with van der Waals surface area (Å²) >= 11 is 1.44. The van der Waals surface area contributed by atoms with Crippen molar-refractivity contribution in [1.82, 2.24) is 14.4 Å². The molecule has 4 aromatic rings. The number of hydrogen-bond donors (Lipinski definition) is 0. The minimum Gasteiger partial charge on any atom is -0.245 e. The Hall–Kier alpha value is -2.79. The van der Waals surface area contributed by atoms with Crippen molar-refractivity contribution in [2.45, 2.75) is 0 Å². The first-order chi connectivity index (χ1) is 10.8. The van der Waals surface area contributed by atoms with Crippen LogP contribution in [0, 0.1) is 0 Å². The van der Waals surface area contributed by atoms with E-state index in [2.05, 4.69) is 9.97 Å². The van der Waals surface area contributed by atoms with Crippen LogP contribution in [-0.4, -0.2) is 14.4 Å². The fraction of sp³-hybridized carbons (Fsp3) is 0. The lowest BCUT2D eigenvalue weighted by Gasteiger charge is -2.02. The maximum Gasteiger partial charge on any atom is 0.356 e. The lowest BCUT2D eigenvalue weighted by molar-refractivity contribution is 0.973. The van der Waals surface area contributed by atoms with Gasteiger partial charge < -0.3 is 0 Å². The van der Waals surface area contributed by atoms with E-state index in [1.54, 1.807) is 4.40 Å². The largest absolute Gasteiger partial charge is 0.356 e. The predicted octanol–water partition coefficient (Wildman–Crippen LogP) is 3.49. The molecular weight excluding hydrogens is 294 g/mol. The maximum absolute atomic E-state index is 12.4. The van der Waals surface area contributed by atoms with Gasteiger partial charge in [0.1, 0.15) is 0 Å². The summed E-state index contributed by atoms with van der Waals surface area (Å²) in [7, 11) is 0. The lowest BCUT2D eigenvalue weighted by atomic mass is 10.2. The van der Waals surface area contributed by atoms with Gasteiger partial charge in [0.25, 0.3) is 0 Å². The van der Waals surface area contributed by atoms with E-state index < -0.39 is 0 Å². The second-order valence-electron chi connectivity index (χ2n) is 4.80. The van der Waals surface area contributed by atoms with Gasteiger partial charge in [-0.2, -0.15) is 9.97 Å². The molecule has 0 spiro atoms. The molecule has 0 unspecified atom stereocenters. The Bertz CT molecular complexity index is 991. The van der Waals surface area contributed by atoms with Crippen molar-refractivity contribution in [3.63, 3.8) is 0 Å². The fourth-order valence-electron chi connectivity index (χ4n) is 2.36. The van der Waals surface area contributed by atoms with Crippen LogP contribution in [0.25, 0.3) is 27.6 Å². The van der Waals surface area contributed by atoms with Gasteiger partial charge in [-0.15, -0.1) is 11.3 Å². The molecule has 0 aliphatic heterocycles. The smallest absolute Gasteiger partial charge is 0.245 e. The molecule has 0 radical (unpaired) electrons. The number of thiazole rings is 1. The molecule has 0 aliphatic rings. The van der Waals surface area contributed by atoms with Crippen LogP contribution in [0.15, 0.2) is 70.8 Å².